The van der Waals surface area contributed by atoms with E-state index in [4.69, 9.17) is 42.1 Å². The Morgan fingerprint density at radius 1 is 0.609 bits per heavy atom. The number of rotatable bonds is 6. The van der Waals surface area contributed by atoms with Gasteiger partial charge < -0.3 is 18.9 Å². The van der Waals surface area contributed by atoms with Crippen LogP contribution in [0.3, 0.4) is 0 Å². The highest BCUT2D eigenvalue weighted by Crippen LogP contribution is 2.46. The van der Waals surface area contributed by atoms with E-state index in [-0.39, 0.29) is 0 Å². The maximum absolute atomic E-state index is 6.13. The van der Waals surface area contributed by atoms with E-state index < -0.39 is 0 Å². The normalized spacial score (nSPS) is 10.3. The van der Waals surface area contributed by atoms with E-state index in [1.165, 1.54) is 11.8 Å². The van der Waals surface area contributed by atoms with Gasteiger partial charge in [0, 0.05) is 12.1 Å². The van der Waals surface area contributed by atoms with Gasteiger partial charge in [0.1, 0.15) is 23.0 Å². The molecule has 2 rings (SSSR count). The fourth-order valence-electron chi connectivity index (χ4n) is 1.94. The topological polar surface area (TPSA) is 36.9 Å². The minimum atomic E-state index is 0.481. The van der Waals surface area contributed by atoms with E-state index in [1.807, 2.05) is 12.1 Å². The molecular formula is C16H16Cl2O4S. The summed E-state index contributed by atoms with van der Waals surface area (Å²) in [7, 11) is 6.30. The Kier molecular flexibility index (Phi) is 6.16. The zero-order valence-electron chi connectivity index (χ0n) is 13.1. The summed E-state index contributed by atoms with van der Waals surface area (Å²) in [6, 6.07) is 7.05. The molecule has 0 aliphatic carbocycles. The van der Waals surface area contributed by atoms with Crippen LogP contribution in [0, 0.1) is 0 Å². The molecule has 0 fully saturated rings. The van der Waals surface area contributed by atoms with Gasteiger partial charge >= 0.3 is 0 Å². The molecule has 0 atom stereocenters. The second-order valence-electron chi connectivity index (χ2n) is 4.38. The van der Waals surface area contributed by atoms with Crippen molar-refractivity contribution < 1.29 is 18.9 Å². The monoisotopic (exact) mass is 374 g/mol. The minimum Gasteiger partial charge on any atom is -0.496 e. The van der Waals surface area contributed by atoms with Crippen molar-refractivity contribution in [3.05, 3.63) is 34.3 Å². The van der Waals surface area contributed by atoms with Gasteiger partial charge in [0.05, 0.1) is 48.3 Å². The van der Waals surface area contributed by atoms with Crippen LogP contribution in [0.1, 0.15) is 0 Å². The van der Waals surface area contributed by atoms with Crippen LogP contribution in [-0.4, -0.2) is 28.4 Å². The Balaban J connectivity index is 2.49. The van der Waals surface area contributed by atoms with Crippen molar-refractivity contribution in [2.24, 2.45) is 0 Å². The van der Waals surface area contributed by atoms with E-state index in [0.717, 1.165) is 9.79 Å². The first-order chi connectivity index (χ1) is 11.0. The molecular weight excluding hydrogens is 359 g/mol. The zero-order chi connectivity index (χ0) is 17.0. The van der Waals surface area contributed by atoms with Crippen molar-refractivity contribution in [2.45, 2.75) is 9.79 Å². The lowest BCUT2D eigenvalue weighted by Gasteiger charge is -2.15. The fourth-order valence-corrected chi connectivity index (χ4v) is 3.46. The number of benzene rings is 2. The molecule has 23 heavy (non-hydrogen) atoms. The first-order valence-corrected chi connectivity index (χ1v) is 8.12. The number of halogens is 2. The zero-order valence-corrected chi connectivity index (χ0v) is 15.4. The van der Waals surface area contributed by atoms with Gasteiger partial charge in [0.2, 0.25) is 0 Å². The molecule has 0 aliphatic heterocycles. The van der Waals surface area contributed by atoms with Crippen LogP contribution in [0.4, 0.5) is 0 Å². The molecule has 0 unspecified atom stereocenters. The first kappa shape index (κ1) is 17.9. The van der Waals surface area contributed by atoms with E-state index in [9.17, 15) is 0 Å². The maximum atomic E-state index is 6.13. The van der Waals surface area contributed by atoms with E-state index >= 15 is 0 Å². The number of methoxy groups -OCH3 is 4. The van der Waals surface area contributed by atoms with Crippen LogP contribution in [0.2, 0.25) is 10.0 Å². The lowest BCUT2D eigenvalue weighted by molar-refractivity contribution is 0.392. The molecule has 0 bridgehead atoms. The van der Waals surface area contributed by atoms with E-state index in [1.54, 1.807) is 40.6 Å². The second kappa shape index (κ2) is 7.90. The molecule has 0 amide bonds. The average Bonchev–Trinajstić information content (AvgIpc) is 2.56. The smallest absolute Gasteiger partial charge is 0.138 e. The minimum absolute atomic E-state index is 0.481. The molecule has 2 aromatic rings. The summed E-state index contributed by atoms with van der Waals surface area (Å²) in [5.41, 5.74) is 0. The van der Waals surface area contributed by atoms with Crippen LogP contribution in [0.15, 0.2) is 34.1 Å². The molecule has 0 saturated carbocycles. The molecule has 0 saturated heterocycles. The first-order valence-electron chi connectivity index (χ1n) is 6.55. The predicted octanol–water partition coefficient (Wildman–Crippen LogP) is 5.18. The molecule has 0 radical (unpaired) electrons. The summed E-state index contributed by atoms with van der Waals surface area (Å²) < 4.78 is 21.3. The molecule has 7 heteroatoms. The van der Waals surface area contributed by atoms with Crippen molar-refractivity contribution in [3.63, 3.8) is 0 Å². The van der Waals surface area contributed by atoms with Gasteiger partial charge in [-0.05, 0) is 12.1 Å². The molecule has 4 nitrogen and oxygen atoms in total. The van der Waals surface area contributed by atoms with Gasteiger partial charge in [-0.15, -0.1) is 0 Å². The Hall–Kier alpha value is -1.43. The molecule has 0 heterocycles. The Morgan fingerprint density at radius 3 is 1.26 bits per heavy atom. The third-order valence-electron chi connectivity index (χ3n) is 3.10. The second-order valence-corrected chi connectivity index (χ2v) is 6.28. The summed E-state index contributed by atoms with van der Waals surface area (Å²) in [6.45, 7) is 0. The van der Waals surface area contributed by atoms with Crippen molar-refractivity contribution in [3.8, 4) is 23.0 Å². The van der Waals surface area contributed by atoms with Crippen LogP contribution in [0.5, 0.6) is 23.0 Å². The number of hydrogen-bond donors (Lipinski definition) is 0. The SMILES string of the molecule is COc1cc(Sc2cc(OC)c(Cl)cc2OC)c(OC)cc1Cl. The Labute approximate surface area is 149 Å². The Bertz CT molecular complexity index is 647. The van der Waals surface area contributed by atoms with E-state index in [2.05, 4.69) is 0 Å². The summed E-state index contributed by atoms with van der Waals surface area (Å²) >= 11 is 13.7. The third kappa shape index (κ3) is 3.91. The van der Waals surface area contributed by atoms with Crippen molar-refractivity contribution in [2.75, 3.05) is 28.4 Å². The van der Waals surface area contributed by atoms with Crippen LogP contribution < -0.4 is 18.9 Å². The van der Waals surface area contributed by atoms with Gasteiger partial charge in [0.25, 0.3) is 0 Å². The molecule has 0 aromatic heterocycles. The van der Waals surface area contributed by atoms with Crippen molar-refractivity contribution >= 4 is 35.0 Å². The van der Waals surface area contributed by atoms with Crippen molar-refractivity contribution in [1.82, 2.24) is 0 Å². The quantitative estimate of drug-likeness (QED) is 0.696. The van der Waals surface area contributed by atoms with Crippen molar-refractivity contribution in [1.29, 1.82) is 0 Å². The van der Waals surface area contributed by atoms with Crippen LogP contribution >= 0.6 is 35.0 Å². The van der Waals surface area contributed by atoms with Crippen LogP contribution in [0.25, 0.3) is 0 Å². The average molecular weight is 375 g/mol. The molecule has 0 spiro atoms. The highest BCUT2D eigenvalue weighted by molar-refractivity contribution is 7.99. The standard InChI is InChI=1S/C16H16Cl2O4S/c1-19-11-7-15(13(21-3)5-9(11)17)23-16-8-12(20-2)10(18)6-14(16)22-4/h5-8H,1-4H3. The highest BCUT2D eigenvalue weighted by Gasteiger charge is 2.16. The van der Waals surface area contributed by atoms with Gasteiger partial charge in [-0.2, -0.15) is 0 Å². The van der Waals surface area contributed by atoms with Gasteiger partial charge in [-0.3, -0.25) is 0 Å². The summed E-state index contributed by atoms with van der Waals surface area (Å²) in [4.78, 5) is 1.66. The lowest BCUT2D eigenvalue weighted by atomic mass is 10.3. The summed E-state index contributed by atoms with van der Waals surface area (Å²) in [5.74, 6) is 2.40. The van der Waals surface area contributed by atoms with Gasteiger partial charge in [-0.1, -0.05) is 35.0 Å². The summed E-state index contributed by atoms with van der Waals surface area (Å²) in [5, 5.41) is 0.962. The largest absolute Gasteiger partial charge is 0.496 e. The van der Waals surface area contributed by atoms with Gasteiger partial charge in [-0.25, -0.2) is 0 Å². The molecule has 0 N–H and O–H groups in total. The fraction of sp³-hybridized carbons (Fsp3) is 0.250. The number of hydrogen-bond acceptors (Lipinski definition) is 5. The predicted molar refractivity (Wildman–Crippen MR) is 93.2 cm³/mol. The molecule has 2 aromatic carbocycles. The van der Waals surface area contributed by atoms with Crippen LogP contribution in [-0.2, 0) is 0 Å². The third-order valence-corrected chi connectivity index (χ3v) is 4.76. The Morgan fingerprint density at radius 2 is 0.957 bits per heavy atom. The molecule has 0 aliphatic rings. The summed E-state index contributed by atoms with van der Waals surface area (Å²) in [6.07, 6.45) is 0. The number of ether oxygens (including phenoxy) is 4. The molecule has 124 valence electrons. The van der Waals surface area contributed by atoms with Gasteiger partial charge in [0.15, 0.2) is 0 Å². The maximum Gasteiger partial charge on any atom is 0.138 e. The highest BCUT2D eigenvalue weighted by atomic mass is 35.5. The lowest BCUT2D eigenvalue weighted by Crippen LogP contribution is -1.93. The van der Waals surface area contributed by atoms with E-state index in [0.29, 0.717) is 33.0 Å².